The molecule has 8 rings (SSSR count). The number of sulfonamides is 2. The van der Waals surface area contributed by atoms with E-state index in [9.17, 15) is 27.0 Å². The van der Waals surface area contributed by atoms with Crippen LogP contribution in [-0.2, 0) is 40.4 Å². The van der Waals surface area contributed by atoms with Gasteiger partial charge in [0.1, 0.15) is 11.5 Å². The van der Waals surface area contributed by atoms with Gasteiger partial charge >= 0.3 is 0 Å². The molecule has 0 aliphatic carbocycles. The maximum absolute atomic E-state index is 14.9. The number of hydrogen-bond acceptors (Lipinski definition) is 8. The molecular weight excluding hydrogens is 845 g/mol. The van der Waals surface area contributed by atoms with Crippen molar-refractivity contribution in [2.75, 3.05) is 13.2 Å². The Morgan fingerprint density at radius 2 is 0.828 bits per heavy atom. The molecular formula is C52H56N2O8S2. The Hall–Kier alpha value is -5.34. The SMILES string of the molecule is Cc1ccc(S(=O)(=O)N2[C@@H](c3cc(C(C)(C)C)cc(-c4cc(C(C)(C)C)cc([C@H]5OC[C@@H](c6ccccc6)N5S(=O)(=O)c5ccc(C)cc5)c4O)c3O)OC[C@H]2c2ccccc2)cc1. The molecule has 0 spiro atoms. The van der Waals surface area contributed by atoms with E-state index < -0.39 is 55.4 Å². The van der Waals surface area contributed by atoms with E-state index in [0.29, 0.717) is 0 Å². The molecule has 0 bridgehead atoms. The molecule has 0 saturated carbocycles. The van der Waals surface area contributed by atoms with Crippen molar-refractivity contribution < 1.29 is 36.5 Å². The Balaban J connectivity index is 1.34. The summed E-state index contributed by atoms with van der Waals surface area (Å²) in [6.45, 7) is 15.9. The van der Waals surface area contributed by atoms with Crippen LogP contribution in [0, 0.1) is 13.8 Å². The lowest BCUT2D eigenvalue weighted by atomic mass is 9.80. The molecule has 334 valence electrons. The summed E-state index contributed by atoms with van der Waals surface area (Å²) in [7, 11) is -8.50. The lowest BCUT2D eigenvalue weighted by Gasteiger charge is -2.31. The predicted molar refractivity (Wildman–Crippen MR) is 249 cm³/mol. The molecule has 2 N–H and O–H groups in total. The van der Waals surface area contributed by atoms with Gasteiger partial charge in [-0.1, -0.05) is 138 Å². The second-order valence-corrected chi connectivity index (χ2v) is 22.6. The van der Waals surface area contributed by atoms with Crippen molar-refractivity contribution in [3.63, 3.8) is 0 Å². The van der Waals surface area contributed by atoms with E-state index in [0.717, 1.165) is 33.4 Å². The number of nitrogens with zero attached hydrogens (tertiary/aromatic N) is 2. The Labute approximate surface area is 377 Å². The first-order chi connectivity index (χ1) is 30.2. The summed E-state index contributed by atoms with van der Waals surface area (Å²) >= 11 is 0. The highest BCUT2D eigenvalue weighted by molar-refractivity contribution is 7.89. The summed E-state index contributed by atoms with van der Waals surface area (Å²) in [5, 5.41) is 25.4. The zero-order valence-corrected chi connectivity index (χ0v) is 39.1. The molecule has 0 amide bonds. The Morgan fingerprint density at radius 3 is 1.14 bits per heavy atom. The Kier molecular flexibility index (Phi) is 11.9. The third-order valence-corrected chi connectivity index (χ3v) is 16.0. The minimum atomic E-state index is -4.25. The number of aromatic hydroxyl groups is 2. The smallest absolute Gasteiger partial charge is 0.246 e. The average molecular weight is 901 g/mol. The van der Waals surface area contributed by atoms with Crippen LogP contribution in [0.5, 0.6) is 11.5 Å². The molecule has 2 heterocycles. The third kappa shape index (κ3) is 8.39. The van der Waals surface area contributed by atoms with Gasteiger partial charge < -0.3 is 19.7 Å². The number of aryl methyl sites for hydroxylation is 2. The third-order valence-electron chi connectivity index (χ3n) is 12.3. The quantitative estimate of drug-likeness (QED) is 0.147. The fraction of sp³-hybridized carbons (Fsp3) is 0.308. The highest BCUT2D eigenvalue weighted by atomic mass is 32.2. The molecule has 12 heteroatoms. The van der Waals surface area contributed by atoms with Crippen LogP contribution >= 0.6 is 0 Å². The van der Waals surface area contributed by atoms with Crippen LogP contribution in [0.3, 0.4) is 0 Å². The monoisotopic (exact) mass is 900 g/mol. The highest BCUT2D eigenvalue weighted by Gasteiger charge is 2.48. The zero-order chi connectivity index (χ0) is 45.9. The van der Waals surface area contributed by atoms with Crippen LogP contribution in [0.2, 0.25) is 0 Å². The number of benzene rings is 6. The van der Waals surface area contributed by atoms with Gasteiger partial charge in [-0.3, -0.25) is 0 Å². The summed E-state index contributed by atoms with van der Waals surface area (Å²) < 4.78 is 75.2. The molecule has 6 aromatic carbocycles. The number of hydrogen-bond donors (Lipinski definition) is 2. The van der Waals surface area contributed by atoms with Gasteiger partial charge in [-0.25, -0.2) is 16.8 Å². The van der Waals surface area contributed by atoms with Crippen molar-refractivity contribution >= 4 is 20.0 Å². The number of phenolic OH excluding ortho intramolecular Hbond substituents is 2. The summed E-state index contributed by atoms with van der Waals surface area (Å²) in [5.74, 6) is -0.580. The van der Waals surface area contributed by atoms with E-state index >= 15 is 0 Å². The molecule has 10 nitrogen and oxygen atoms in total. The van der Waals surface area contributed by atoms with Gasteiger partial charge in [0.25, 0.3) is 0 Å². The van der Waals surface area contributed by atoms with E-state index in [-0.39, 0.29) is 56.8 Å². The molecule has 4 atom stereocenters. The molecule has 2 fully saturated rings. The first kappa shape index (κ1) is 45.2. The van der Waals surface area contributed by atoms with Gasteiger partial charge in [0, 0.05) is 22.3 Å². The van der Waals surface area contributed by atoms with Crippen LogP contribution in [0.25, 0.3) is 11.1 Å². The fourth-order valence-corrected chi connectivity index (χ4v) is 11.8. The van der Waals surface area contributed by atoms with Gasteiger partial charge in [-0.05, 0) is 95.5 Å². The van der Waals surface area contributed by atoms with Crippen molar-refractivity contribution in [3.8, 4) is 22.6 Å². The molecule has 0 radical (unpaired) electrons. The molecule has 2 saturated heterocycles. The van der Waals surface area contributed by atoms with Gasteiger partial charge in [0.2, 0.25) is 20.0 Å². The zero-order valence-electron chi connectivity index (χ0n) is 37.5. The number of rotatable bonds is 9. The first-order valence-corrected chi connectivity index (χ1v) is 24.3. The van der Waals surface area contributed by atoms with E-state index in [1.54, 1.807) is 72.8 Å². The lowest BCUT2D eigenvalue weighted by Crippen LogP contribution is -2.34. The van der Waals surface area contributed by atoms with E-state index in [4.69, 9.17) is 9.47 Å². The number of phenols is 2. The minimum Gasteiger partial charge on any atom is -0.507 e. The van der Waals surface area contributed by atoms with Crippen molar-refractivity contribution in [2.24, 2.45) is 0 Å². The van der Waals surface area contributed by atoms with E-state index in [1.165, 1.54) is 8.61 Å². The summed E-state index contributed by atoms with van der Waals surface area (Å²) in [6, 6.07) is 37.5. The molecule has 0 aromatic heterocycles. The van der Waals surface area contributed by atoms with Crippen LogP contribution in [0.4, 0.5) is 0 Å². The molecule has 2 aliphatic rings. The van der Waals surface area contributed by atoms with Crippen molar-refractivity contribution in [2.45, 2.75) is 101 Å². The van der Waals surface area contributed by atoms with Crippen molar-refractivity contribution in [3.05, 3.63) is 178 Å². The first-order valence-electron chi connectivity index (χ1n) is 21.5. The molecule has 64 heavy (non-hydrogen) atoms. The Bertz CT molecular complexity index is 2690. The Morgan fingerprint density at radius 1 is 0.500 bits per heavy atom. The average Bonchev–Trinajstić information content (AvgIpc) is 3.91. The second kappa shape index (κ2) is 16.9. The normalized spacial score (nSPS) is 20.2. The van der Waals surface area contributed by atoms with Crippen LogP contribution in [0.15, 0.2) is 143 Å². The van der Waals surface area contributed by atoms with Crippen LogP contribution < -0.4 is 0 Å². The standard InChI is InChI=1S/C52H56N2O8S2/c1-33-19-23-39(24-20-33)63(57,58)53-45(35-15-11-9-12-16-35)31-61-49(53)43-29-37(51(3,4)5)27-41(47(43)55)42-28-38(52(6,7)8)30-44(48(42)56)50-54(46(32-62-50)36-17-13-10-14-18-36)64(59,60)40-25-21-34(2)22-26-40/h9-30,45-46,49-50,55-56H,31-32H2,1-8H3/t45-,46-,49+,50+/m0/s1. The molecule has 6 aromatic rings. The largest absolute Gasteiger partial charge is 0.507 e. The summed E-state index contributed by atoms with van der Waals surface area (Å²) in [5.41, 5.74) is 4.49. The van der Waals surface area contributed by atoms with Crippen molar-refractivity contribution in [1.82, 2.24) is 8.61 Å². The van der Waals surface area contributed by atoms with E-state index in [2.05, 4.69) is 0 Å². The van der Waals surface area contributed by atoms with Gasteiger partial charge in [0.05, 0.1) is 35.1 Å². The lowest BCUT2D eigenvalue weighted by molar-refractivity contribution is 0.0654. The minimum absolute atomic E-state index is 0.0100. The molecule has 2 aliphatic heterocycles. The summed E-state index contributed by atoms with van der Waals surface area (Å²) in [4.78, 5) is 0.161. The van der Waals surface area contributed by atoms with Crippen molar-refractivity contribution in [1.29, 1.82) is 0 Å². The predicted octanol–water partition coefficient (Wildman–Crippen LogP) is 10.9. The van der Waals surface area contributed by atoms with Crippen LogP contribution in [0.1, 0.15) is 111 Å². The van der Waals surface area contributed by atoms with Gasteiger partial charge in [-0.15, -0.1) is 0 Å². The highest BCUT2D eigenvalue weighted by Crippen LogP contribution is 2.53. The summed E-state index contributed by atoms with van der Waals surface area (Å²) in [6.07, 6.45) is -2.55. The topological polar surface area (TPSA) is 134 Å². The molecule has 0 unspecified atom stereocenters. The number of ether oxygens (including phenoxy) is 2. The maximum Gasteiger partial charge on any atom is 0.246 e. The van der Waals surface area contributed by atoms with Gasteiger partial charge in [-0.2, -0.15) is 8.61 Å². The maximum atomic E-state index is 14.9. The second-order valence-electron chi connectivity index (χ2n) is 18.9. The van der Waals surface area contributed by atoms with E-state index in [1.807, 2.05) is 116 Å². The van der Waals surface area contributed by atoms with Crippen LogP contribution in [-0.4, -0.2) is 48.9 Å². The fourth-order valence-electron chi connectivity index (χ4n) is 8.49. The van der Waals surface area contributed by atoms with Gasteiger partial charge in [0.15, 0.2) is 12.5 Å².